The Hall–Kier alpha value is -3.50. The van der Waals surface area contributed by atoms with Gasteiger partial charge in [-0.2, -0.15) is 14.6 Å². The molecule has 0 amide bonds. The minimum absolute atomic E-state index is 0.0289. The summed E-state index contributed by atoms with van der Waals surface area (Å²) in [5.41, 5.74) is 4.53. The Labute approximate surface area is 197 Å². The minimum atomic E-state index is -0.412. The fourth-order valence-electron chi connectivity index (χ4n) is 3.31. The predicted molar refractivity (Wildman–Crippen MR) is 125 cm³/mol. The smallest absolute Gasteiger partial charge is 0.311 e. The number of esters is 1. The summed E-state index contributed by atoms with van der Waals surface area (Å²) < 4.78 is 8.14. The third kappa shape index (κ3) is 4.27. The normalized spacial score (nSPS) is 11.4. The van der Waals surface area contributed by atoms with Crippen LogP contribution in [0.25, 0.3) is 22.6 Å². The average Bonchev–Trinajstić information content (AvgIpc) is 3.40. The number of benzene rings is 2. The SMILES string of the molecule is COC(=O)Cc1nn(-c2ccc(C)cc2)c2c1nnc1nc(SCc3ccc(Cl)cc3)nn12. The lowest BCUT2D eigenvalue weighted by atomic mass is 10.2. The van der Waals surface area contributed by atoms with Crippen molar-refractivity contribution in [3.05, 3.63) is 70.4 Å². The Morgan fingerprint density at radius 1 is 1.06 bits per heavy atom. The van der Waals surface area contributed by atoms with Crippen molar-refractivity contribution in [3.63, 3.8) is 0 Å². The van der Waals surface area contributed by atoms with E-state index in [4.69, 9.17) is 16.3 Å². The maximum absolute atomic E-state index is 12.0. The number of aromatic nitrogens is 7. The van der Waals surface area contributed by atoms with E-state index in [-0.39, 0.29) is 6.42 Å². The van der Waals surface area contributed by atoms with E-state index >= 15 is 0 Å². The molecule has 0 fully saturated rings. The maximum atomic E-state index is 12.0. The molecule has 11 heteroatoms. The van der Waals surface area contributed by atoms with Gasteiger partial charge in [-0.1, -0.05) is 53.2 Å². The van der Waals surface area contributed by atoms with Crippen LogP contribution >= 0.6 is 23.4 Å². The molecule has 0 atom stereocenters. The number of fused-ring (bicyclic) bond motifs is 3. The lowest BCUT2D eigenvalue weighted by Crippen LogP contribution is -2.06. The number of rotatable bonds is 6. The van der Waals surface area contributed by atoms with Gasteiger partial charge >= 0.3 is 5.97 Å². The van der Waals surface area contributed by atoms with Crippen LogP contribution in [-0.4, -0.2) is 47.7 Å². The van der Waals surface area contributed by atoms with E-state index in [1.54, 1.807) is 9.20 Å². The number of carbonyl (C=O) groups is 1. The summed E-state index contributed by atoms with van der Waals surface area (Å²) in [6, 6.07) is 15.5. The highest BCUT2D eigenvalue weighted by atomic mass is 35.5. The van der Waals surface area contributed by atoms with Crippen LogP contribution < -0.4 is 0 Å². The van der Waals surface area contributed by atoms with Crippen LogP contribution in [0.5, 0.6) is 0 Å². The van der Waals surface area contributed by atoms with Gasteiger partial charge in [0.25, 0.3) is 5.78 Å². The van der Waals surface area contributed by atoms with Crippen molar-refractivity contribution < 1.29 is 9.53 Å². The molecule has 0 aliphatic heterocycles. The fraction of sp³-hybridized carbons (Fsp3) is 0.182. The molecule has 5 rings (SSSR count). The van der Waals surface area contributed by atoms with E-state index < -0.39 is 5.97 Å². The van der Waals surface area contributed by atoms with Crippen LogP contribution in [0, 0.1) is 6.92 Å². The largest absolute Gasteiger partial charge is 0.469 e. The second-order valence-corrected chi connectivity index (χ2v) is 8.72. The molecule has 0 N–H and O–H groups in total. The molecule has 33 heavy (non-hydrogen) atoms. The van der Waals surface area contributed by atoms with Crippen LogP contribution in [0.2, 0.25) is 5.02 Å². The number of thioether (sulfide) groups is 1. The molecule has 3 aromatic heterocycles. The molecule has 9 nitrogen and oxygen atoms in total. The maximum Gasteiger partial charge on any atom is 0.311 e. The Kier molecular flexibility index (Phi) is 5.69. The Balaban J connectivity index is 1.59. The average molecular weight is 480 g/mol. The van der Waals surface area contributed by atoms with Gasteiger partial charge < -0.3 is 4.74 Å². The van der Waals surface area contributed by atoms with Crippen LogP contribution in [0.1, 0.15) is 16.8 Å². The summed E-state index contributed by atoms with van der Waals surface area (Å²) >= 11 is 7.45. The number of methoxy groups -OCH3 is 1. The highest BCUT2D eigenvalue weighted by molar-refractivity contribution is 7.98. The second kappa shape index (κ2) is 8.80. The molecular formula is C22H18ClN7O2S. The number of carbonyl (C=O) groups excluding carboxylic acids is 1. The van der Waals surface area contributed by atoms with Gasteiger partial charge in [-0.25, -0.2) is 4.68 Å². The van der Waals surface area contributed by atoms with Crippen molar-refractivity contribution >= 4 is 46.3 Å². The Morgan fingerprint density at radius 3 is 2.55 bits per heavy atom. The first-order chi connectivity index (χ1) is 16.0. The quantitative estimate of drug-likeness (QED) is 0.267. The van der Waals surface area contributed by atoms with E-state index in [1.807, 2.05) is 55.5 Å². The molecule has 0 radical (unpaired) electrons. The first kappa shape index (κ1) is 21.4. The molecule has 0 spiro atoms. The standard InChI is InChI=1S/C22H18ClN7O2S/c1-13-3-9-16(10-4-13)29-20-19(17(27-29)11-18(31)32-2)25-26-21-24-22(28-30(20)21)33-12-14-5-7-15(23)8-6-14/h3-10H,11-12H2,1-2H3. The lowest BCUT2D eigenvalue weighted by Gasteiger charge is -2.04. The van der Waals surface area contributed by atoms with Gasteiger partial charge in [-0.3, -0.25) is 4.79 Å². The third-order valence-electron chi connectivity index (χ3n) is 5.02. The molecule has 2 aromatic carbocycles. The monoisotopic (exact) mass is 479 g/mol. The van der Waals surface area contributed by atoms with E-state index in [2.05, 4.69) is 25.4 Å². The summed E-state index contributed by atoms with van der Waals surface area (Å²) in [6.45, 7) is 2.01. The zero-order valence-electron chi connectivity index (χ0n) is 17.8. The summed E-state index contributed by atoms with van der Waals surface area (Å²) in [4.78, 5) is 16.5. The van der Waals surface area contributed by atoms with Crippen LogP contribution in [-0.2, 0) is 21.7 Å². The molecule has 0 saturated carbocycles. The molecule has 5 aromatic rings. The molecular weight excluding hydrogens is 462 g/mol. The zero-order valence-corrected chi connectivity index (χ0v) is 19.3. The van der Waals surface area contributed by atoms with Crippen LogP contribution in [0.4, 0.5) is 0 Å². The van der Waals surface area contributed by atoms with Crippen molar-refractivity contribution in [2.45, 2.75) is 24.3 Å². The van der Waals surface area contributed by atoms with Crippen molar-refractivity contribution in [2.75, 3.05) is 7.11 Å². The Morgan fingerprint density at radius 2 is 1.82 bits per heavy atom. The Bertz CT molecular complexity index is 1460. The number of ether oxygens (including phenoxy) is 1. The molecule has 0 bridgehead atoms. The van der Waals surface area contributed by atoms with Gasteiger partial charge in [0.2, 0.25) is 5.16 Å². The third-order valence-corrected chi connectivity index (χ3v) is 6.18. The highest BCUT2D eigenvalue weighted by Gasteiger charge is 2.21. The molecule has 0 aliphatic carbocycles. The van der Waals surface area contributed by atoms with Crippen molar-refractivity contribution in [3.8, 4) is 5.69 Å². The highest BCUT2D eigenvalue weighted by Crippen LogP contribution is 2.25. The molecule has 3 heterocycles. The molecule has 0 unspecified atom stereocenters. The summed E-state index contributed by atoms with van der Waals surface area (Å²) in [5, 5.41) is 19.1. The van der Waals surface area contributed by atoms with E-state index in [1.165, 1.54) is 18.9 Å². The summed E-state index contributed by atoms with van der Waals surface area (Å²) in [6.07, 6.45) is -0.0289. The second-order valence-electron chi connectivity index (χ2n) is 7.34. The number of hydrogen-bond donors (Lipinski definition) is 0. The fourth-order valence-corrected chi connectivity index (χ4v) is 4.21. The van der Waals surface area contributed by atoms with E-state index in [0.29, 0.717) is 38.6 Å². The zero-order chi connectivity index (χ0) is 22.9. The molecule has 166 valence electrons. The number of halogens is 1. The number of nitrogens with zero attached hydrogens (tertiary/aromatic N) is 7. The van der Waals surface area contributed by atoms with E-state index in [9.17, 15) is 4.79 Å². The van der Waals surface area contributed by atoms with Gasteiger partial charge in [0.1, 0.15) is 5.69 Å². The summed E-state index contributed by atoms with van der Waals surface area (Å²) in [5.74, 6) is 0.610. The van der Waals surface area contributed by atoms with Gasteiger partial charge in [0.15, 0.2) is 11.2 Å². The molecule has 0 aliphatic rings. The molecule has 0 saturated heterocycles. The summed E-state index contributed by atoms with van der Waals surface area (Å²) in [7, 11) is 1.34. The topological polar surface area (TPSA) is 100 Å². The van der Waals surface area contributed by atoms with Crippen molar-refractivity contribution in [1.82, 2.24) is 34.6 Å². The van der Waals surface area contributed by atoms with Gasteiger partial charge in [0.05, 0.1) is 19.2 Å². The predicted octanol–water partition coefficient (Wildman–Crippen LogP) is 3.83. The first-order valence-electron chi connectivity index (χ1n) is 10.0. The van der Waals surface area contributed by atoms with Crippen molar-refractivity contribution in [2.24, 2.45) is 0 Å². The van der Waals surface area contributed by atoms with Gasteiger partial charge in [-0.05, 0) is 36.8 Å². The number of hydrogen-bond acceptors (Lipinski definition) is 8. The van der Waals surface area contributed by atoms with Gasteiger partial charge in [0, 0.05) is 10.8 Å². The van der Waals surface area contributed by atoms with E-state index in [0.717, 1.165) is 16.8 Å². The lowest BCUT2D eigenvalue weighted by molar-refractivity contribution is -0.139. The minimum Gasteiger partial charge on any atom is -0.469 e. The number of aryl methyl sites for hydroxylation is 1. The van der Waals surface area contributed by atoms with Crippen molar-refractivity contribution in [1.29, 1.82) is 0 Å². The van der Waals surface area contributed by atoms with Gasteiger partial charge in [-0.15, -0.1) is 15.3 Å². The van der Waals surface area contributed by atoms with Crippen LogP contribution in [0.15, 0.2) is 53.7 Å². The van der Waals surface area contributed by atoms with Crippen LogP contribution in [0.3, 0.4) is 0 Å². The first-order valence-corrected chi connectivity index (χ1v) is 11.4.